The molecule has 158 valence electrons. The summed E-state index contributed by atoms with van der Waals surface area (Å²) < 4.78 is 2.31. The molecule has 1 N–H and O–H groups in total. The highest BCUT2D eigenvalue weighted by molar-refractivity contribution is 5.67. The van der Waals surface area contributed by atoms with Crippen molar-refractivity contribution in [1.82, 2.24) is 19.8 Å². The molecule has 0 spiro atoms. The van der Waals surface area contributed by atoms with Gasteiger partial charge in [-0.25, -0.2) is 4.98 Å². The SMILES string of the molecule is Cc1cccc(C2=CC(NCc3cncn3CC3CCN(C#N)CC3)CCCC2)c1. The number of hydrogen-bond acceptors (Lipinski definition) is 4. The highest BCUT2D eigenvalue weighted by Gasteiger charge is 2.20. The molecule has 0 amide bonds. The van der Waals surface area contributed by atoms with Gasteiger partial charge in [0.25, 0.3) is 0 Å². The summed E-state index contributed by atoms with van der Waals surface area (Å²) in [5.74, 6) is 0.633. The zero-order chi connectivity index (χ0) is 20.8. The average Bonchev–Trinajstić information content (AvgIpc) is 3.06. The third-order valence-electron chi connectivity index (χ3n) is 6.56. The van der Waals surface area contributed by atoms with Crippen molar-refractivity contribution in [2.75, 3.05) is 13.1 Å². The molecule has 5 nitrogen and oxygen atoms in total. The smallest absolute Gasteiger partial charge is 0.179 e. The van der Waals surface area contributed by atoms with Crippen LogP contribution in [0.4, 0.5) is 0 Å². The fraction of sp³-hybridized carbons (Fsp3) is 0.520. The van der Waals surface area contributed by atoms with Crippen LogP contribution in [0.25, 0.3) is 5.57 Å². The normalized spacial score (nSPS) is 20.5. The molecule has 4 rings (SSSR count). The van der Waals surface area contributed by atoms with Gasteiger partial charge in [-0.1, -0.05) is 42.3 Å². The Bertz CT molecular complexity index is 898. The lowest BCUT2D eigenvalue weighted by molar-refractivity contribution is 0.232. The minimum atomic E-state index is 0.408. The van der Waals surface area contributed by atoms with E-state index in [9.17, 15) is 0 Å². The van der Waals surface area contributed by atoms with Crippen molar-refractivity contribution in [2.24, 2.45) is 5.92 Å². The standard InChI is InChI=1S/C25H33N5/c1-20-5-4-7-22(13-20)23-6-2-3-8-24(14-23)28-16-25-15-27-19-30(25)17-21-9-11-29(18-26)12-10-21/h4-5,7,13-15,19,21,24,28H,2-3,6,8-12,16-17H2,1H3. The first-order chi connectivity index (χ1) is 14.7. The molecule has 2 aromatic rings. The van der Waals surface area contributed by atoms with Crippen molar-refractivity contribution < 1.29 is 0 Å². The predicted octanol–water partition coefficient (Wildman–Crippen LogP) is 4.50. The first-order valence-corrected chi connectivity index (χ1v) is 11.4. The van der Waals surface area contributed by atoms with Crippen LogP contribution in [0, 0.1) is 24.3 Å². The van der Waals surface area contributed by atoms with Gasteiger partial charge in [-0.2, -0.15) is 5.26 Å². The first kappa shape index (κ1) is 20.7. The molecular weight excluding hydrogens is 370 g/mol. The van der Waals surface area contributed by atoms with Crippen molar-refractivity contribution in [3.05, 3.63) is 59.7 Å². The Morgan fingerprint density at radius 3 is 2.87 bits per heavy atom. The maximum Gasteiger partial charge on any atom is 0.179 e. The Morgan fingerprint density at radius 2 is 2.07 bits per heavy atom. The van der Waals surface area contributed by atoms with Crippen LogP contribution in [-0.2, 0) is 13.1 Å². The highest BCUT2D eigenvalue weighted by atomic mass is 15.1. The van der Waals surface area contributed by atoms with Gasteiger partial charge in [0.15, 0.2) is 6.19 Å². The van der Waals surface area contributed by atoms with Crippen LogP contribution in [-0.4, -0.2) is 33.6 Å². The summed E-state index contributed by atoms with van der Waals surface area (Å²) in [6.45, 7) is 5.79. The molecule has 5 heteroatoms. The molecule has 1 aliphatic carbocycles. The predicted molar refractivity (Wildman–Crippen MR) is 120 cm³/mol. The molecule has 1 aromatic heterocycles. The highest BCUT2D eigenvalue weighted by Crippen LogP contribution is 2.27. The second-order valence-electron chi connectivity index (χ2n) is 8.86. The largest absolute Gasteiger partial charge is 0.333 e. The van der Waals surface area contributed by atoms with E-state index in [4.69, 9.17) is 5.26 Å². The summed E-state index contributed by atoms with van der Waals surface area (Å²) in [5.41, 5.74) is 5.43. The van der Waals surface area contributed by atoms with Crippen LogP contribution in [0.5, 0.6) is 0 Å². The van der Waals surface area contributed by atoms with E-state index in [0.717, 1.165) is 39.0 Å². The van der Waals surface area contributed by atoms with Gasteiger partial charge >= 0.3 is 0 Å². The summed E-state index contributed by atoms with van der Waals surface area (Å²) in [4.78, 5) is 6.29. The summed E-state index contributed by atoms with van der Waals surface area (Å²) in [7, 11) is 0. The van der Waals surface area contributed by atoms with Crippen molar-refractivity contribution in [3.8, 4) is 6.19 Å². The Morgan fingerprint density at radius 1 is 1.20 bits per heavy atom. The average molecular weight is 404 g/mol. The van der Waals surface area contributed by atoms with Crippen LogP contribution < -0.4 is 5.32 Å². The fourth-order valence-corrected chi connectivity index (χ4v) is 4.72. The lowest BCUT2D eigenvalue weighted by atomic mass is 9.97. The molecule has 2 aliphatic rings. The van der Waals surface area contributed by atoms with Crippen molar-refractivity contribution >= 4 is 5.57 Å². The maximum absolute atomic E-state index is 9.04. The van der Waals surface area contributed by atoms with E-state index < -0.39 is 0 Å². The summed E-state index contributed by atoms with van der Waals surface area (Å²) in [6, 6.07) is 9.29. The molecule has 1 aliphatic heterocycles. The number of imidazole rings is 1. The van der Waals surface area contributed by atoms with Crippen LogP contribution >= 0.6 is 0 Å². The number of likely N-dealkylation sites (tertiary alicyclic amines) is 1. The van der Waals surface area contributed by atoms with Crippen molar-refractivity contribution in [1.29, 1.82) is 5.26 Å². The van der Waals surface area contributed by atoms with E-state index in [1.54, 1.807) is 0 Å². The van der Waals surface area contributed by atoms with Gasteiger partial charge in [0.2, 0.25) is 0 Å². The minimum absolute atomic E-state index is 0.408. The number of allylic oxidation sites excluding steroid dienone is 1. The molecular formula is C25H33N5. The van der Waals surface area contributed by atoms with E-state index >= 15 is 0 Å². The molecule has 1 atom stereocenters. The molecule has 0 radical (unpaired) electrons. The number of nitriles is 1. The molecule has 0 bridgehead atoms. The van der Waals surface area contributed by atoms with Gasteiger partial charge in [0, 0.05) is 38.4 Å². The van der Waals surface area contributed by atoms with E-state index in [-0.39, 0.29) is 0 Å². The number of aromatic nitrogens is 2. The molecule has 30 heavy (non-hydrogen) atoms. The Hall–Kier alpha value is -2.58. The van der Waals surface area contributed by atoms with E-state index in [1.165, 1.54) is 48.1 Å². The number of piperidine rings is 1. The van der Waals surface area contributed by atoms with Crippen LogP contribution in [0.15, 0.2) is 42.9 Å². The lowest BCUT2D eigenvalue weighted by Crippen LogP contribution is -2.32. The quantitative estimate of drug-likeness (QED) is 0.722. The second-order valence-corrected chi connectivity index (χ2v) is 8.86. The van der Waals surface area contributed by atoms with E-state index in [2.05, 4.69) is 58.3 Å². The minimum Gasteiger partial charge on any atom is -0.333 e. The molecule has 1 aromatic carbocycles. The topological polar surface area (TPSA) is 56.9 Å². The third-order valence-corrected chi connectivity index (χ3v) is 6.56. The number of hydrogen-bond donors (Lipinski definition) is 1. The monoisotopic (exact) mass is 403 g/mol. The molecule has 1 saturated heterocycles. The number of aryl methyl sites for hydroxylation is 1. The number of nitrogens with one attached hydrogen (secondary N) is 1. The van der Waals surface area contributed by atoms with Gasteiger partial charge in [-0.05, 0) is 56.1 Å². The van der Waals surface area contributed by atoms with E-state index in [1.807, 2.05) is 17.4 Å². The zero-order valence-electron chi connectivity index (χ0n) is 18.1. The fourth-order valence-electron chi connectivity index (χ4n) is 4.72. The molecule has 1 unspecified atom stereocenters. The zero-order valence-corrected chi connectivity index (χ0v) is 18.1. The molecule has 2 heterocycles. The van der Waals surface area contributed by atoms with E-state index in [0.29, 0.717) is 12.0 Å². The number of rotatable bonds is 6. The molecule has 0 saturated carbocycles. The molecule has 1 fully saturated rings. The maximum atomic E-state index is 9.04. The number of benzene rings is 1. The second kappa shape index (κ2) is 9.95. The van der Waals surface area contributed by atoms with Crippen LogP contribution in [0.1, 0.15) is 55.3 Å². The van der Waals surface area contributed by atoms with Gasteiger partial charge < -0.3 is 14.8 Å². The lowest BCUT2D eigenvalue weighted by Gasteiger charge is -2.28. The summed E-state index contributed by atoms with van der Waals surface area (Å²) in [6.07, 6.45) is 15.8. The van der Waals surface area contributed by atoms with Gasteiger partial charge in [-0.15, -0.1) is 0 Å². The van der Waals surface area contributed by atoms with Gasteiger partial charge in [-0.3, -0.25) is 0 Å². The van der Waals surface area contributed by atoms with Crippen molar-refractivity contribution in [2.45, 2.75) is 64.6 Å². The third kappa shape index (κ3) is 5.31. The Balaban J connectivity index is 1.37. The first-order valence-electron chi connectivity index (χ1n) is 11.4. The van der Waals surface area contributed by atoms with Crippen molar-refractivity contribution in [3.63, 3.8) is 0 Å². The van der Waals surface area contributed by atoms with Crippen LogP contribution in [0.2, 0.25) is 0 Å². The Labute approximate surface area is 180 Å². The van der Waals surface area contributed by atoms with Gasteiger partial charge in [0.05, 0.1) is 12.0 Å². The Kier molecular flexibility index (Phi) is 6.86. The summed E-state index contributed by atoms with van der Waals surface area (Å²) >= 11 is 0. The summed E-state index contributed by atoms with van der Waals surface area (Å²) in [5, 5.41) is 12.8. The van der Waals surface area contributed by atoms with Crippen LogP contribution in [0.3, 0.4) is 0 Å². The number of nitrogens with zero attached hydrogens (tertiary/aromatic N) is 4. The van der Waals surface area contributed by atoms with Gasteiger partial charge in [0.1, 0.15) is 0 Å².